The van der Waals surface area contributed by atoms with Crippen molar-refractivity contribution < 1.29 is 9.32 Å². The molecule has 0 fully saturated rings. The lowest BCUT2D eigenvalue weighted by molar-refractivity contribution is -0.121. The molecule has 0 aliphatic heterocycles. The highest BCUT2D eigenvalue weighted by Crippen LogP contribution is 2.12. The summed E-state index contributed by atoms with van der Waals surface area (Å²) in [6.07, 6.45) is 3.11. The molecule has 0 saturated heterocycles. The molecule has 4 heteroatoms. The van der Waals surface area contributed by atoms with E-state index in [0.717, 1.165) is 36.3 Å². The molecule has 1 aromatic carbocycles. The first-order valence-electron chi connectivity index (χ1n) is 7.86. The largest absolute Gasteiger partial charge is 0.361 e. The van der Waals surface area contributed by atoms with Crippen LogP contribution in [0, 0.1) is 13.8 Å². The standard InChI is InChI=1S/C18H24N2O2/c1-4-15-5-7-16(8-6-15)9-10-18(21)19-12-11-17-13(2)20-22-14(17)3/h5-8H,4,9-12H2,1-3H3,(H,19,21). The van der Waals surface area contributed by atoms with Crippen molar-refractivity contribution in [1.29, 1.82) is 0 Å². The van der Waals surface area contributed by atoms with Crippen LogP contribution >= 0.6 is 0 Å². The molecule has 0 bridgehead atoms. The van der Waals surface area contributed by atoms with E-state index in [1.807, 2.05) is 13.8 Å². The zero-order valence-electron chi connectivity index (χ0n) is 13.6. The van der Waals surface area contributed by atoms with E-state index >= 15 is 0 Å². The molecule has 2 rings (SSSR count). The Bertz CT molecular complexity index is 595. The van der Waals surface area contributed by atoms with Crippen LogP contribution in [0.4, 0.5) is 0 Å². The number of nitrogens with zero attached hydrogens (tertiary/aromatic N) is 1. The molecule has 2 aromatic rings. The van der Waals surface area contributed by atoms with Crippen molar-refractivity contribution in [1.82, 2.24) is 10.5 Å². The van der Waals surface area contributed by atoms with Crippen molar-refractivity contribution in [3.05, 3.63) is 52.4 Å². The molecule has 0 spiro atoms. The van der Waals surface area contributed by atoms with E-state index in [9.17, 15) is 4.79 Å². The Morgan fingerprint density at radius 1 is 1.14 bits per heavy atom. The average molecular weight is 300 g/mol. The molecule has 0 saturated carbocycles. The number of rotatable bonds is 7. The number of hydrogen-bond acceptors (Lipinski definition) is 3. The molecule has 1 amide bonds. The SMILES string of the molecule is CCc1ccc(CCC(=O)NCCc2c(C)noc2C)cc1. The first-order valence-corrected chi connectivity index (χ1v) is 7.86. The monoisotopic (exact) mass is 300 g/mol. The number of carbonyl (C=O) groups excluding carboxylic acids is 1. The van der Waals surface area contributed by atoms with Gasteiger partial charge in [0, 0.05) is 18.5 Å². The number of carbonyl (C=O) groups is 1. The van der Waals surface area contributed by atoms with Gasteiger partial charge in [0.2, 0.25) is 5.91 Å². The van der Waals surface area contributed by atoms with Gasteiger partial charge in [0.1, 0.15) is 5.76 Å². The number of benzene rings is 1. The Morgan fingerprint density at radius 2 is 1.82 bits per heavy atom. The van der Waals surface area contributed by atoms with E-state index in [4.69, 9.17) is 4.52 Å². The first kappa shape index (κ1) is 16.3. The molecular formula is C18H24N2O2. The van der Waals surface area contributed by atoms with E-state index in [1.165, 1.54) is 11.1 Å². The first-order chi connectivity index (χ1) is 10.6. The zero-order chi connectivity index (χ0) is 15.9. The number of nitrogens with one attached hydrogen (secondary N) is 1. The third-order valence-electron chi connectivity index (χ3n) is 3.95. The number of aryl methyl sites for hydroxylation is 4. The normalized spacial score (nSPS) is 10.7. The molecule has 1 heterocycles. The van der Waals surface area contributed by atoms with Crippen LogP contribution in [0.5, 0.6) is 0 Å². The fourth-order valence-corrected chi connectivity index (χ4v) is 2.47. The summed E-state index contributed by atoms with van der Waals surface area (Å²) < 4.78 is 5.11. The fourth-order valence-electron chi connectivity index (χ4n) is 2.47. The van der Waals surface area contributed by atoms with Crippen molar-refractivity contribution in [2.24, 2.45) is 0 Å². The second-order valence-corrected chi connectivity index (χ2v) is 5.57. The van der Waals surface area contributed by atoms with Gasteiger partial charge in [-0.25, -0.2) is 0 Å². The minimum absolute atomic E-state index is 0.0892. The molecule has 118 valence electrons. The highest BCUT2D eigenvalue weighted by molar-refractivity contribution is 5.76. The highest BCUT2D eigenvalue weighted by atomic mass is 16.5. The van der Waals surface area contributed by atoms with Gasteiger partial charge in [-0.05, 0) is 44.2 Å². The van der Waals surface area contributed by atoms with Gasteiger partial charge in [-0.1, -0.05) is 36.3 Å². The Morgan fingerprint density at radius 3 is 2.41 bits per heavy atom. The van der Waals surface area contributed by atoms with Crippen LogP contribution in [-0.4, -0.2) is 17.6 Å². The van der Waals surface area contributed by atoms with Crippen LogP contribution in [0.2, 0.25) is 0 Å². The van der Waals surface area contributed by atoms with Crippen molar-refractivity contribution in [3.63, 3.8) is 0 Å². The summed E-state index contributed by atoms with van der Waals surface area (Å²) >= 11 is 0. The molecule has 4 nitrogen and oxygen atoms in total. The van der Waals surface area contributed by atoms with Gasteiger partial charge in [-0.2, -0.15) is 0 Å². The van der Waals surface area contributed by atoms with Gasteiger partial charge in [0.15, 0.2) is 0 Å². The summed E-state index contributed by atoms with van der Waals surface area (Å²) in [6.45, 7) is 6.59. The summed E-state index contributed by atoms with van der Waals surface area (Å²) in [5.41, 5.74) is 4.53. The smallest absolute Gasteiger partial charge is 0.220 e. The minimum atomic E-state index is 0.0892. The maximum absolute atomic E-state index is 11.9. The van der Waals surface area contributed by atoms with Crippen molar-refractivity contribution in [2.45, 2.75) is 46.5 Å². The lowest BCUT2D eigenvalue weighted by Crippen LogP contribution is -2.26. The van der Waals surface area contributed by atoms with E-state index < -0.39 is 0 Å². The lowest BCUT2D eigenvalue weighted by atomic mass is 10.1. The fraction of sp³-hybridized carbons (Fsp3) is 0.444. The maximum atomic E-state index is 11.9. The highest BCUT2D eigenvalue weighted by Gasteiger charge is 2.09. The van der Waals surface area contributed by atoms with Gasteiger partial charge in [-0.3, -0.25) is 4.79 Å². The summed E-state index contributed by atoms with van der Waals surface area (Å²) in [7, 11) is 0. The van der Waals surface area contributed by atoms with Crippen molar-refractivity contribution in [2.75, 3.05) is 6.54 Å². The van der Waals surface area contributed by atoms with Gasteiger partial charge < -0.3 is 9.84 Å². The molecule has 22 heavy (non-hydrogen) atoms. The van der Waals surface area contributed by atoms with Gasteiger partial charge >= 0.3 is 0 Å². The Hall–Kier alpha value is -2.10. The van der Waals surface area contributed by atoms with Gasteiger partial charge in [0.05, 0.1) is 5.69 Å². The van der Waals surface area contributed by atoms with Gasteiger partial charge in [0.25, 0.3) is 0 Å². The van der Waals surface area contributed by atoms with Crippen LogP contribution in [0.3, 0.4) is 0 Å². The Labute approximate surface area is 131 Å². The molecule has 0 aliphatic rings. The second-order valence-electron chi connectivity index (χ2n) is 5.57. The lowest BCUT2D eigenvalue weighted by Gasteiger charge is -2.06. The van der Waals surface area contributed by atoms with Crippen LogP contribution in [0.25, 0.3) is 0 Å². The van der Waals surface area contributed by atoms with Crippen LogP contribution < -0.4 is 5.32 Å². The second kappa shape index (κ2) is 7.78. The number of hydrogen-bond donors (Lipinski definition) is 1. The van der Waals surface area contributed by atoms with E-state index in [2.05, 4.69) is 41.7 Å². The summed E-state index contributed by atoms with van der Waals surface area (Å²) in [4.78, 5) is 11.9. The predicted molar refractivity (Wildman–Crippen MR) is 86.8 cm³/mol. The Kier molecular flexibility index (Phi) is 5.75. The van der Waals surface area contributed by atoms with Crippen molar-refractivity contribution in [3.8, 4) is 0 Å². The average Bonchev–Trinajstić information content (AvgIpc) is 2.85. The number of amides is 1. The summed E-state index contributed by atoms with van der Waals surface area (Å²) in [6, 6.07) is 8.47. The number of aromatic nitrogens is 1. The van der Waals surface area contributed by atoms with E-state index in [-0.39, 0.29) is 5.91 Å². The van der Waals surface area contributed by atoms with Crippen LogP contribution in [0.1, 0.15) is 41.5 Å². The zero-order valence-corrected chi connectivity index (χ0v) is 13.6. The molecule has 1 aromatic heterocycles. The van der Waals surface area contributed by atoms with Crippen LogP contribution in [0.15, 0.2) is 28.8 Å². The molecule has 0 aliphatic carbocycles. The maximum Gasteiger partial charge on any atom is 0.220 e. The molecule has 0 unspecified atom stereocenters. The van der Waals surface area contributed by atoms with E-state index in [1.54, 1.807) is 0 Å². The molecule has 1 N–H and O–H groups in total. The van der Waals surface area contributed by atoms with E-state index in [0.29, 0.717) is 13.0 Å². The van der Waals surface area contributed by atoms with Crippen molar-refractivity contribution >= 4 is 5.91 Å². The predicted octanol–water partition coefficient (Wildman–Crippen LogP) is 3.15. The molecule has 0 atom stereocenters. The summed E-state index contributed by atoms with van der Waals surface area (Å²) in [5.74, 6) is 0.925. The quantitative estimate of drug-likeness (QED) is 0.854. The van der Waals surface area contributed by atoms with Gasteiger partial charge in [-0.15, -0.1) is 0 Å². The Balaban J connectivity index is 1.71. The van der Waals surface area contributed by atoms with Crippen LogP contribution in [-0.2, 0) is 24.1 Å². The summed E-state index contributed by atoms with van der Waals surface area (Å²) in [5, 5.41) is 6.88. The minimum Gasteiger partial charge on any atom is -0.361 e. The third-order valence-corrected chi connectivity index (χ3v) is 3.95. The molecular weight excluding hydrogens is 276 g/mol. The third kappa shape index (κ3) is 4.45. The molecule has 0 radical (unpaired) electrons. The topological polar surface area (TPSA) is 55.1 Å².